The molecule has 0 bridgehead atoms. The van der Waals surface area contributed by atoms with E-state index >= 15 is 0 Å². The van der Waals surface area contributed by atoms with Crippen LogP contribution in [0.4, 0.5) is 0 Å². The molecule has 1 amide bonds. The van der Waals surface area contributed by atoms with Gasteiger partial charge in [0.1, 0.15) is 6.17 Å². The van der Waals surface area contributed by atoms with Gasteiger partial charge < -0.3 is 14.4 Å². The van der Waals surface area contributed by atoms with Gasteiger partial charge in [-0.05, 0) is 18.9 Å². The number of carbonyl (C=O) groups is 1. The smallest absolute Gasteiger partial charge is 0.241 e. The molecule has 1 aromatic carbocycles. The molecule has 0 spiro atoms. The van der Waals surface area contributed by atoms with E-state index in [0.29, 0.717) is 26.4 Å². The molecule has 0 aromatic heterocycles. The number of hydrogen-bond acceptors (Lipinski definition) is 4. The summed E-state index contributed by atoms with van der Waals surface area (Å²) in [6, 6.07) is 9.94. The molecule has 2 rings (SSSR count). The lowest BCUT2D eigenvalue weighted by atomic mass is 10.1. The van der Waals surface area contributed by atoms with Gasteiger partial charge in [0, 0.05) is 20.3 Å². The van der Waals surface area contributed by atoms with Crippen LogP contribution in [-0.2, 0) is 14.3 Å². The number of ether oxygens (including phenoxy) is 2. The maximum absolute atomic E-state index is 12.3. The van der Waals surface area contributed by atoms with E-state index in [1.807, 2.05) is 42.2 Å². The van der Waals surface area contributed by atoms with E-state index in [1.165, 1.54) is 0 Å². The Morgan fingerprint density at radius 1 is 1.19 bits per heavy atom. The van der Waals surface area contributed by atoms with E-state index < -0.39 is 0 Å². The molecule has 2 atom stereocenters. The number of benzene rings is 1. The van der Waals surface area contributed by atoms with E-state index in [0.717, 1.165) is 12.0 Å². The second-order valence-electron chi connectivity index (χ2n) is 5.19. The van der Waals surface area contributed by atoms with E-state index in [2.05, 4.69) is 5.32 Å². The van der Waals surface area contributed by atoms with Crippen LogP contribution in [0.2, 0.25) is 0 Å². The van der Waals surface area contributed by atoms with Crippen molar-refractivity contribution in [3.8, 4) is 0 Å². The van der Waals surface area contributed by atoms with Gasteiger partial charge in [0.25, 0.3) is 0 Å². The Kier molecular flexibility index (Phi) is 6.17. The van der Waals surface area contributed by atoms with Crippen LogP contribution >= 0.6 is 0 Å². The minimum Gasteiger partial charge on any atom is -0.382 e. The van der Waals surface area contributed by atoms with Crippen molar-refractivity contribution in [2.45, 2.75) is 25.6 Å². The van der Waals surface area contributed by atoms with Crippen molar-refractivity contribution in [1.29, 1.82) is 0 Å². The topological polar surface area (TPSA) is 50.8 Å². The van der Waals surface area contributed by atoms with Crippen LogP contribution in [-0.4, -0.2) is 50.3 Å². The molecule has 21 heavy (non-hydrogen) atoms. The van der Waals surface area contributed by atoms with E-state index in [-0.39, 0.29) is 18.1 Å². The standard InChI is InChI=1S/C16H24N2O3/c1-13-16(19)18(9-6-10-21-12-11-20-2)15(17-13)14-7-4-3-5-8-14/h3-5,7-8,13,15,17H,6,9-12H2,1-2H3. The first-order chi connectivity index (χ1) is 10.2. The Morgan fingerprint density at radius 2 is 1.95 bits per heavy atom. The summed E-state index contributed by atoms with van der Waals surface area (Å²) < 4.78 is 10.4. The molecule has 1 saturated heterocycles. The Labute approximate surface area is 126 Å². The molecule has 1 N–H and O–H groups in total. The molecule has 116 valence electrons. The van der Waals surface area contributed by atoms with Gasteiger partial charge in [0.2, 0.25) is 5.91 Å². The van der Waals surface area contributed by atoms with Crippen molar-refractivity contribution < 1.29 is 14.3 Å². The normalized spacial score (nSPS) is 22.0. The monoisotopic (exact) mass is 292 g/mol. The largest absolute Gasteiger partial charge is 0.382 e. The average Bonchev–Trinajstić information content (AvgIpc) is 2.80. The molecule has 1 aliphatic rings. The zero-order chi connectivity index (χ0) is 15.1. The van der Waals surface area contributed by atoms with Crippen LogP contribution in [0.3, 0.4) is 0 Å². The van der Waals surface area contributed by atoms with Crippen molar-refractivity contribution in [3.05, 3.63) is 35.9 Å². The van der Waals surface area contributed by atoms with Crippen LogP contribution in [0.15, 0.2) is 30.3 Å². The molecular formula is C16H24N2O3. The average molecular weight is 292 g/mol. The van der Waals surface area contributed by atoms with Gasteiger partial charge >= 0.3 is 0 Å². The number of methoxy groups -OCH3 is 1. The van der Waals surface area contributed by atoms with Gasteiger partial charge in [-0.3, -0.25) is 10.1 Å². The lowest BCUT2D eigenvalue weighted by Gasteiger charge is -2.24. The van der Waals surface area contributed by atoms with E-state index in [4.69, 9.17) is 9.47 Å². The van der Waals surface area contributed by atoms with Crippen molar-refractivity contribution >= 4 is 5.91 Å². The molecule has 0 saturated carbocycles. The first kappa shape index (κ1) is 15.9. The predicted molar refractivity (Wildman–Crippen MR) is 80.8 cm³/mol. The van der Waals surface area contributed by atoms with Gasteiger partial charge in [-0.25, -0.2) is 0 Å². The third kappa shape index (κ3) is 4.27. The number of rotatable bonds is 8. The van der Waals surface area contributed by atoms with E-state index in [1.54, 1.807) is 7.11 Å². The fraction of sp³-hybridized carbons (Fsp3) is 0.562. The highest BCUT2D eigenvalue weighted by Crippen LogP contribution is 2.25. The number of nitrogens with one attached hydrogen (secondary N) is 1. The number of amides is 1. The lowest BCUT2D eigenvalue weighted by molar-refractivity contribution is -0.130. The highest BCUT2D eigenvalue weighted by atomic mass is 16.5. The molecular weight excluding hydrogens is 268 g/mol. The van der Waals surface area contributed by atoms with Gasteiger partial charge in [0.15, 0.2) is 0 Å². The van der Waals surface area contributed by atoms with Crippen LogP contribution < -0.4 is 5.32 Å². The Bertz CT molecular complexity index is 438. The first-order valence-electron chi connectivity index (χ1n) is 7.42. The lowest BCUT2D eigenvalue weighted by Crippen LogP contribution is -2.32. The van der Waals surface area contributed by atoms with Gasteiger partial charge in [-0.2, -0.15) is 0 Å². The molecule has 1 fully saturated rings. The highest BCUT2D eigenvalue weighted by molar-refractivity contribution is 5.84. The Hall–Kier alpha value is -1.43. The fourth-order valence-electron chi connectivity index (χ4n) is 2.51. The summed E-state index contributed by atoms with van der Waals surface area (Å²) in [5, 5.41) is 3.35. The second-order valence-corrected chi connectivity index (χ2v) is 5.19. The predicted octanol–water partition coefficient (Wildman–Crippen LogP) is 1.56. The number of hydrogen-bond donors (Lipinski definition) is 1. The van der Waals surface area contributed by atoms with Crippen molar-refractivity contribution in [2.24, 2.45) is 0 Å². The number of carbonyl (C=O) groups excluding carboxylic acids is 1. The minimum atomic E-state index is -0.135. The van der Waals surface area contributed by atoms with E-state index in [9.17, 15) is 4.79 Å². The zero-order valence-electron chi connectivity index (χ0n) is 12.7. The molecule has 2 unspecified atom stereocenters. The zero-order valence-corrected chi connectivity index (χ0v) is 12.7. The van der Waals surface area contributed by atoms with Crippen LogP contribution in [0.25, 0.3) is 0 Å². The van der Waals surface area contributed by atoms with Gasteiger partial charge in [-0.1, -0.05) is 30.3 Å². The molecule has 1 aromatic rings. The molecule has 0 radical (unpaired) electrons. The Balaban J connectivity index is 1.87. The van der Waals surface area contributed by atoms with Gasteiger partial charge in [-0.15, -0.1) is 0 Å². The fourth-order valence-corrected chi connectivity index (χ4v) is 2.51. The highest BCUT2D eigenvalue weighted by Gasteiger charge is 2.36. The SMILES string of the molecule is COCCOCCCN1C(=O)C(C)NC1c1ccccc1. The second kappa shape index (κ2) is 8.12. The third-order valence-corrected chi connectivity index (χ3v) is 3.61. The summed E-state index contributed by atoms with van der Waals surface area (Å²) in [5.41, 5.74) is 1.12. The molecule has 5 heteroatoms. The summed E-state index contributed by atoms with van der Waals surface area (Å²) in [4.78, 5) is 14.2. The summed E-state index contributed by atoms with van der Waals surface area (Å²) in [6.45, 7) is 4.45. The van der Waals surface area contributed by atoms with Gasteiger partial charge in [0.05, 0.1) is 19.3 Å². The van der Waals surface area contributed by atoms with Crippen LogP contribution in [0, 0.1) is 0 Å². The molecule has 0 aliphatic carbocycles. The maximum Gasteiger partial charge on any atom is 0.241 e. The molecule has 1 heterocycles. The minimum absolute atomic E-state index is 0.0346. The Morgan fingerprint density at radius 3 is 2.67 bits per heavy atom. The quantitative estimate of drug-likeness (QED) is 0.739. The van der Waals surface area contributed by atoms with Crippen molar-refractivity contribution in [1.82, 2.24) is 10.2 Å². The van der Waals surface area contributed by atoms with Crippen LogP contribution in [0.1, 0.15) is 25.1 Å². The summed E-state index contributed by atoms with van der Waals surface area (Å²) in [5.74, 6) is 0.153. The summed E-state index contributed by atoms with van der Waals surface area (Å²) in [7, 11) is 1.66. The molecule has 5 nitrogen and oxygen atoms in total. The first-order valence-corrected chi connectivity index (χ1v) is 7.42. The number of nitrogens with zero attached hydrogens (tertiary/aromatic N) is 1. The van der Waals surface area contributed by atoms with Crippen molar-refractivity contribution in [2.75, 3.05) is 33.5 Å². The van der Waals surface area contributed by atoms with Crippen molar-refractivity contribution in [3.63, 3.8) is 0 Å². The summed E-state index contributed by atoms with van der Waals surface area (Å²) >= 11 is 0. The van der Waals surface area contributed by atoms with Crippen LogP contribution in [0.5, 0.6) is 0 Å². The molecule has 1 aliphatic heterocycles. The third-order valence-electron chi connectivity index (χ3n) is 3.61. The maximum atomic E-state index is 12.3. The summed E-state index contributed by atoms with van der Waals surface area (Å²) in [6.07, 6.45) is 0.792.